The van der Waals surface area contributed by atoms with Crippen LogP contribution in [0.5, 0.6) is 0 Å². The molecule has 0 aliphatic rings. The highest BCUT2D eigenvalue weighted by Gasteiger charge is 2.06. The molecule has 0 spiro atoms. The Labute approximate surface area is 77.1 Å². The van der Waals surface area contributed by atoms with E-state index in [4.69, 9.17) is 0 Å². The van der Waals surface area contributed by atoms with Crippen LogP contribution >= 0.6 is 0 Å². The number of aromatic nitrogens is 1. The van der Waals surface area contributed by atoms with E-state index in [1.54, 1.807) is 0 Å². The molecule has 1 rings (SSSR count). The minimum absolute atomic E-state index is 0.00176. The van der Waals surface area contributed by atoms with Gasteiger partial charge in [0, 0.05) is 11.8 Å². The van der Waals surface area contributed by atoms with E-state index in [-0.39, 0.29) is 11.5 Å². The standard InChI is InChI=1S/C10H13NO2/c1-6-4-7(2)11-10(6)9(13)5-8(3)12/h4-5,11,13H,1-3H3/b9-5-. The van der Waals surface area contributed by atoms with Crippen LogP contribution in [-0.2, 0) is 4.79 Å². The summed E-state index contributed by atoms with van der Waals surface area (Å²) >= 11 is 0. The Morgan fingerprint density at radius 2 is 2.15 bits per heavy atom. The van der Waals surface area contributed by atoms with Crippen molar-refractivity contribution in [1.29, 1.82) is 0 Å². The Morgan fingerprint density at radius 3 is 2.54 bits per heavy atom. The largest absolute Gasteiger partial charge is 0.506 e. The number of aromatic amines is 1. The van der Waals surface area contributed by atoms with E-state index < -0.39 is 0 Å². The average Bonchev–Trinajstić information content (AvgIpc) is 2.28. The first kappa shape index (κ1) is 9.58. The summed E-state index contributed by atoms with van der Waals surface area (Å²) in [6.07, 6.45) is 1.21. The summed E-state index contributed by atoms with van der Waals surface area (Å²) in [4.78, 5) is 13.7. The molecule has 0 amide bonds. The second-order valence-electron chi connectivity index (χ2n) is 3.15. The first-order valence-corrected chi connectivity index (χ1v) is 4.08. The van der Waals surface area contributed by atoms with Crippen molar-refractivity contribution in [3.05, 3.63) is 29.1 Å². The minimum Gasteiger partial charge on any atom is -0.506 e. The molecule has 0 aliphatic carbocycles. The van der Waals surface area contributed by atoms with E-state index in [0.29, 0.717) is 5.69 Å². The number of ketones is 1. The van der Waals surface area contributed by atoms with Crippen LogP contribution in [0.25, 0.3) is 5.76 Å². The van der Waals surface area contributed by atoms with E-state index in [1.807, 2.05) is 19.9 Å². The molecule has 0 atom stereocenters. The van der Waals surface area contributed by atoms with Crippen molar-refractivity contribution in [1.82, 2.24) is 4.98 Å². The highest BCUT2D eigenvalue weighted by Crippen LogP contribution is 2.16. The van der Waals surface area contributed by atoms with Crippen molar-refractivity contribution in [3.63, 3.8) is 0 Å². The Morgan fingerprint density at radius 1 is 1.54 bits per heavy atom. The maximum Gasteiger partial charge on any atom is 0.156 e. The van der Waals surface area contributed by atoms with Crippen molar-refractivity contribution in [3.8, 4) is 0 Å². The zero-order valence-corrected chi connectivity index (χ0v) is 8.01. The summed E-state index contributed by atoms with van der Waals surface area (Å²) in [7, 11) is 0. The van der Waals surface area contributed by atoms with Gasteiger partial charge in [-0.2, -0.15) is 0 Å². The van der Waals surface area contributed by atoms with Gasteiger partial charge in [-0.1, -0.05) is 0 Å². The molecule has 0 saturated carbocycles. The van der Waals surface area contributed by atoms with Crippen LogP contribution < -0.4 is 0 Å². The van der Waals surface area contributed by atoms with E-state index in [1.165, 1.54) is 13.0 Å². The number of H-pyrrole nitrogens is 1. The van der Waals surface area contributed by atoms with Gasteiger partial charge in [-0.25, -0.2) is 0 Å². The number of aliphatic hydroxyl groups is 1. The van der Waals surface area contributed by atoms with Crippen molar-refractivity contribution in [2.24, 2.45) is 0 Å². The van der Waals surface area contributed by atoms with Crippen molar-refractivity contribution >= 4 is 11.5 Å². The Balaban J connectivity index is 3.08. The average molecular weight is 179 g/mol. The summed E-state index contributed by atoms with van der Waals surface area (Å²) in [6.45, 7) is 5.18. The lowest BCUT2D eigenvalue weighted by Gasteiger charge is -1.97. The lowest BCUT2D eigenvalue weighted by Crippen LogP contribution is -1.90. The van der Waals surface area contributed by atoms with E-state index in [9.17, 15) is 9.90 Å². The number of nitrogens with one attached hydrogen (secondary N) is 1. The van der Waals surface area contributed by atoms with Gasteiger partial charge in [-0.3, -0.25) is 4.79 Å². The topological polar surface area (TPSA) is 53.1 Å². The van der Waals surface area contributed by atoms with E-state index >= 15 is 0 Å². The number of hydrogen-bond acceptors (Lipinski definition) is 2. The van der Waals surface area contributed by atoms with Gasteiger partial charge < -0.3 is 10.1 Å². The first-order chi connectivity index (χ1) is 6.00. The van der Waals surface area contributed by atoms with Crippen LogP contribution in [-0.4, -0.2) is 15.9 Å². The predicted molar refractivity (Wildman–Crippen MR) is 51.6 cm³/mol. The molecule has 0 fully saturated rings. The molecule has 0 saturated heterocycles. The molecular weight excluding hydrogens is 166 g/mol. The fourth-order valence-electron chi connectivity index (χ4n) is 1.26. The highest BCUT2D eigenvalue weighted by atomic mass is 16.3. The number of carbonyl (C=O) groups is 1. The first-order valence-electron chi connectivity index (χ1n) is 4.08. The third-order valence-corrected chi connectivity index (χ3v) is 1.75. The summed E-state index contributed by atoms with van der Waals surface area (Å²) in [5, 5.41) is 9.49. The fourth-order valence-corrected chi connectivity index (χ4v) is 1.26. The van der Waals surface area contributed by atoms with Gasteiger partial charge in [0.2, 0.25) is 0 Å². The molecule has 13 heavy (non-hydrogen) atoms. The van der Waals surface area contributed by atoms with Crippen LogP contribution in [0.2, 0.25) is 0 Å². The SMILES string of the molecule is CC(=O)/C=C(\O)c1[nH]c(C)cc1C. The Hall–Kier alpha value is -1.51. The number of rotatable bonds is 2. The normalized spacial score (nSPS) is 11.8. The molecule has 1 aromatic rings. The van der Waals surface area contributed by atoms with Gasteiger partial charge in [-0.05, 0) is 32.4 Å². The van der Waals surface area contributed by atoms with Crippen molar-refractivity contribution < 1.29 is 9.90 Å². The zero-order valence-electron chi connectivity index (χ0n) is 8.01. The van der Waals surface area contributed by atoms with Crippen LogP contribution in [0.15, 0.2) is 12.1 Å². The maximum absolute atomic E-state index is 10.7. The van der Waals surface area contributed by atoms with Gasteiger partial charge >= 0.3 is 0 Å². The molecule has 0 aromatic carbocycles. The monoisotopic (exact) mass is 179 g/mol. The number of aliphatic hydroxyl groups excluding tert-OH is 1. The number of carbonyl (C=O) groups excluding carboxylic acids is 1. The molecule has 0 bridgehead atoms. The molecular formula is C10H13NO2. The smallest absolute Gasteiger partial charge is 0.156 e. The predicted octanol–water partition coefficient (Wildman–Crippen LogP) is 2.12. The summed E-state index contributed by atoms with van der Waals surface area (Å²) < 4.78 is 0. The zero-order chi connectivity index (χ0) is 10.0. The lowest BCUT2D eigenvalue weighted by molar-refractivity contribution is -0.112. The third kappa shape index (κ3) is 2.21. The molecule has 70 valence electrons. The fraction of sp³-hybridized carbons (Fsp3) is 0.300. The van der Waals surface area contributed by atoms with E-state index in [2.05, 4.69) is 4.98 Å². The number of aryl methyl sites for hydroxylation is 2. The molecule has 0 radical (unpaired) electrons. The lowest BCUT2D eigenvalue weighted by atomic mass is 10.2. The minimum atomic E-state index is -0.163. The quantitative estimate of drug-likeness (QED) is 0.539. The summed E-state index contributed by atoms with van der Waals surface area (Å²) in [6, 6.07) is 1.92. The molecule has 1 heterocycles. The second kappa shape index (κ2) is 3.47. The second-order valence-corrected chi connectivity index (χ2v) is 3.15. The van der Waals surface area contributed by atoms with Gasteiger partial charge in [0.15, 0.2) is 5.78 Å². The summed E-state index contributed by atoms with van der Waals surface area (Å²) in [5.41, 5.74) is 2.52. The van der Waals surface area contributed by atoms with Crippen LogP contribution in [0.4, 0.5) is 0 Å². The van der Waals surface area contributed by atoms with Crippen molar-refractivity contribution in [2.45, 2.75) is 20.8 Å². The van der Waals surface area contributed by atoms with Gasteiger partial charge in [0.05, 0.1) is 5.69 Å². The highest BCUT2D eigenvalue weighted by molar-refractivity contribution is 5.93. The number of hydrogen-bond donors (Lipinski definition) is 2. The summed E-state index contributed by atoms with van der Waals surface area (Å²) in [5.74, 6) is -0.165. The molecule has 0 unspecified atom stereocenters. The molecule has 0 aliphatic heterocycles. The Kier molecular flexibility index (Phi) is 2.56. The molecule has 3 heteroatoms. The third-order valence-electron chi connectivity index (χ3n) is 1.75. The molecule has 1 aromatic heterocycles. The van der Waals surface area contributed by atoms with Crippen LogP contribution in [0, 0.1) is 13.8 Å². The maximum atomic E-state index is 10.7. The number of allylic oxidation sites excluding steroid dienone is 1. The van der Waals surface area contributed by atoms with Gasteiger partial charge in [0.25, 0.3) is 0 Å². The van der Waals surface area contributed by atoms with E-state index in [0.717, 1.165) is 11.3 Å². The van der Waals surface area contributed by atoms with Crippen molar-refractivity contribution in [2.75, 3.05) is 0 Å². The van der Waals surface area contributed by atoms with Crippen LogP contribution in [0.1, 0.15) is 23.9 Å². The van der Waals surface area contributed by atoms with Gasteiger partial charge in [0.1, 0.15) is 5.76 Å². The Bertz CT molecular complexity index is 361. The molecule has 2 N–H and O–H groups in total. The van der Waals surface area contributed by atoms with Crippen LogP contribution in [0.3, 0.4) is 0 Å². The molecule has 3 nitrogen and oxygen atoms in total. The van der Waals surface area contributed by atoms with Gasteiger partial charge in [-0.15, -0.1) is 0 Å².